The van der Waals surface area contributed by atoms with Gasteiger partial charge in [-0.3, -0.25) is 14.4 Å². The topological polar surface area (TPSA) is 111 Å². The molecule has 1 saturated carbocycles. The lowest BCUT2D eigenvalue weighted by atomic mass is 9.93. The molecule has 0 atom stereocenters. The van der Waals surface area contributed by atoms with Crippen LogP contribution in [-0.4, -0.2) is 50.8 Å². The molecule has 9 nitrogen and oxygen atoms in total. The lowest BCUT2D eigenvalue weighted by Crippen LogP contribution is -2.19. The highest BCUT2D eigenvalue weighted by molar-refractivity contribution is 5.93. The minimum atomic E-state index is -0.539. The van der Waals surface area contributed by atoms with Crippen LogP contribution in [-0.2, 0) is 10.2 Å². The number of methoxy groups -OCH3 is 1. The molecule has 0 spiro atoms. The van der Waals surface area contributed by atoms with Gasteiger partial charge in [0.1, 0.15) is 23.8 Å². The second-order valence-electron chi connectivity index (χ2n) is 8.35. The molecule has 0 bridgehead atoms. The molecule has 0 radical (unpaired) electrons. The maximum atomic E-state index is 11.7. The Kier molecular flexibility index (Phi) is 5.72. The van der Waals surface area contributed by atoms with E-state index in [-0.39, 0.29) is 5.41 Å². The highest BCUT2D eigenvalue weighted by Crippen LogP contribution is 2.52. The Bertz CT molecular complexity index is 1350. The molecule has 3 aromatic heterocycles. The molecule has 1 aliphatic carbocycles. The number of aromatic nitrogens is 4. The van der Waals surface area contributed by atoms with Gasteiger partial charge in [0.05, 0.1) is 35.3 Å². The average Bonchev–Trinajstić information content (AvgIpc) is 3.61. The van der Waals surface area contributed by atoms with Crippen LogP contribution in [0.1, 0.15) is 40.3 Å². The molecule has 3 heterocycles. The van der Waals surface area contributed by atoms with Crippen molar-refractivity contribution < 1.29 is 19.5 Å². The van der Waals surface area contributed by atoms with E-state index in [9.17, 15) is 4.79 Å². The van der Waals surface area contributed by atoms with E-state index in [4.69, 9.17) is 24.6 Å². The maximum Gasteiger partial charge on any atom is 0.274 e. The van der Waals surface area contributed by atoms with Crippen LogP contribution in [0.4, 0.5) is 0 Å². The van der Waals surface area contributed by atoms with Crippen LogP contribution in [0.3, 0.4) is 0 Å². The molecule has 4 aromatic rings. The van der Waals surface area contributed by atoms with E-state index in [0.717, 1.165) is 52.7 Å². The van der Waals surface area contributed by atoms with Gasteiger partial charge >= 0.3 is 0 Å². The number of hydroxylamine groups is 1. The van der Waals surface area contributed by atoms with Crippen molar-refractivity contribution in [3.8, 4) is 17.1 Å². The fraction of sp³-hybridized carbons (Fsp3) is 0.280. The lowest BCUT2D eigenvalue weighted by molar-refractivity contribution is 0.0706. The summed E-state index contributed by atoms with van der Waals surface area (Å²) in [6.45, 7) is 2.94. The van der Waals surface area contributed by atoms with Gasteiger partial charge in [-0.1, -0.05) is 12.1 Å². The third kappa shape index (κ3) is 3.89. The van der Waals surface area contributed by atoms with Crippen LogP contribution in [0.5, 0.6) is 5.75 Å². The minimum absolute atomic E-state index is 0.285. The number of imidazole rings is 1. The Morgan fingerprint density at radius 1 is 1.12 bits per heavy atom. The Morgan fingerprint density at radius 2 is 1.91 bits per heavy atom. The molecule has 1 aromatic carbocycles. The number of benzene rings is 1. The number of carbonyl (C=O) groups excluding carboxylic acids is 1. The van der Waals surface area contributed by atoms with Gasteiger partial charge in [-0.2, -0.15) is 0 Å². The van der Waals surface area contributed by atoms with E-state index in [2.05, 4.69) is 4.98 Å². The lowest BCUT2D eigenvalue weighted by Gasteiger charge is -2.16. The first-order valence-electron chi connectivity index (χ1n) is 11.0. The summed E-state index contributed by atoms with van der Waals surface area (Å²) in [5, 5.41) is 8.86. The van der Waals surface area contributed by atoms with Crippen molar-refractivity contribution in [2.45, 2.75) is 25.2 Å². The van der Waals surface area contributed by atoms with Gasteiger partial charge in [0.15, 0.2) is 0 Å². The van der Waals surface area contributed by atoms with Gasteiger partial charge in [0.25, 0.3) is 5.91 Å². The summed E-state index contributed by atoms with van der Waals surface area (Å²) in [5.41, 5.74) is 6.16. The van der Waals surface area contributed by atoms with E-state index in [0.29, 0.717) is 18.8 Å². The summed E-state index contributed by atoms with van der Waals surface area (Å²) < 4.78 is 12.8. The predicted molar refractivity (Wildman–Crippen MR) is 124 cm³/mol. The van der Waals surface area contributed by atoms with Gasteiger partial charge in [0.2, 0.25) is 0 Å². The van der Waals surface area contributed by atoms with Crippen molar-refractivity contribution in [3.05, 3.63) is 77.5 Å². The summed E-state index contributed by atoms with van der Waals surface area (Å²) in [7, 11) is 1.64. The van der Waals surface area contributed by atoms with Crippen LogP contribution in [0.2, 0.25) is 0 Å². The van der Waals surface area contributed by atoms with Crippen LogP contribution in [0.15, 0.2) is 54.9 Å². The van der Waals surface area contributed by atoms with E-state index in [1.165, 1.54) is 0 Å². The molecule has 1 aliphatic rings. The highest BCUT2D eigenvalue weighted by atomic mass is 16.5. The average molecular weight is 460 g/mol. The molecule has 9 heteroatoms. The van der Waals surface area contributed by atoms with Crippen molar-refractivity contribution in [2.75, 3.05) is 20.3 Å². The normalized spacial score (nSPS) is 14.2. The SMILES string of the molecule is COCCOc1ccc2nc(C)c(-c3ccnc(C4(c5ccc(C(=O)NO)cc5)CC4)n3)n2c1. The third-order valence-electron chi connectivity index (χ3n) is 6.20. The minimum Gasteiger partial charge on any atom is -0.490 e. The van der Waals surface area contributed by atoms with Gasteiger partial charge in [0, 0.05) is 18.9 Å². The second kappa shape index (κ2) is 8.85. The van der Waals surface area contributed by atoms with Crippen molar-refractivity contribution in [1.29, 1.82) is 0 Å². The predicted octanol–water partition coefficient (Wildman–Crippen LogP) is 3.32. The molecule has 0 unspecified atom stereocenters. The van der Waals surface area contributed by atoms with Crippen molar-refractivity contribution in [2.24, 2.45) is 0 Å². The number of nitrogens with one attached hydrogen (secondary N) is 1. The highest BCUT2D eigenvalue weighted by Gasteiger charge is 2.48. The fourth-order valence-corrected chi connectivity index (χ4v) is 4.27. The molecular weight excluding hydrogens is 434 g/mol. The summed E-state index contributed by atoms with van der Waals surface area (Å²) in [6, 6.07) is 12.9. The molecular formula is C25H25N5O4. The monoisotopic (exact) mass is 459 g/mol. The van der Waals surface area contributed by atoms with E-state index in [1.54, 1.807) is 30.9 Å². The number of aryl methyl sites for hydroxylation is 1. The van der Waals surface area contributed by atoms with E-state index < -0.39 is 5.91 Å². The summed E-state index contributed by atoms with van der Waals surface area (Å²) in [4.78, 5) is 25.9. The zero-order valence-electron chi connectivity index (χ0n) is 19.0. The van der Waals surface area contributed by atoms with E-state index >= 15 is 0 Å². The molecule has 34 heavy (non-hydrogen) atoms. The Morgan fingerprint density at radius 3 is 2.62 bits per heavy atom. The number of amides is 1. The number of fused-ring (bicyclic) bond motifs is 1. The number of nitrogens with zero attached hydrogens (tertiary/aromatic N) is 4. The number of pyridine rings is 1. The standard InChI is InChI=1S/C25H25N5O4/c1-16-22(30-15-19(34-14-13-33-2)7-8-21(30)27-16)20-9-12-26-24(28-20)25(10-11-25)18-5-3-17(4-6-18)23(31)29-32/h3-9,12,15,32H,10-11,13-14H2,1-2H3,(H,29,31). The number of ether oxygens (including phenoxy) is 2. The van der Waals surface area contributed by atoms with Crippen molar-refractivity contribution >= 4 is 11.6 Å². The Hall–Kier alpha value is -3.82. The van der Waals surface area contributed by atoms with Gasteiger partial charge in [-0.05, 0) is 55.7 Å². The zero-order chi connectivity index (χ0) is 23.7. The third-order valence-corrected chi connectivity index (χ3v) is 6.20. The zero-order valence-corrected chi connectivity index (χ0v) is 19.0. The van der Waals surface area contributed by atoms with Gasteiger partial charge in [-0.25, -0.2) is 20.4 Å². The number of hydrogen-bond donors (Lipinski definition) is 2. The van der Waals surface area contributed by atoms with Gasteiger partial charge in [-0.15, -0.1) is 0 Å². The Balaban J connectivity index is 1.50. The Labute approximate surface area is 196 Å². The first kappa shape index (κ1) is 22.0. The first-order chi connectivity index (χ1) is 16.6. The van der Waals surface area contributed by atoms with Crippen LogP contribution in [0, 0.1) is 6.92 Å². The van der Waals surface area contributed by atoms with E-state index in [1.807, 2.05) is 47.9 Å². The maximum absolute atomic E-state index is 11.7. The molecule has 5 rings (SSSR count). The summed E-state index contributed by atoms with van der Waals surface area (Å²) in [5.74, 6) is 0.928. The number of hydrogen-bond acceptors (Lipinski definition) is 7. The summed E-state index contributed by atoms with van der Waals surface area (Å²) >= 11 is 0. The van der Waals surface area contributed by atoms with Crippen LogP contribution in [0.25, 0.3) is 17.0 Å². The van der Waals surface area contributed by atoms with Gasteiger partial charge < -0.3 is 9.47 Å². The molecule has 1 fully saturated rings. The largest absolute Gasteiger partial charge is 0.490 e. The first-order valence-corrected chi connectivity index (χ1v) is 11.0. The molecule has 2 N–H and O–H groups in total. The van der Waals surface area contributed by atoms with Crippen LogP contribution >= 0.6 is 0 Å². The second-order valence-corrected chi connectivity index (χ2v) is 8.35. The quantitative estimate of drug-likeness (QED) is 0.236. The molecule has 0 saturated heterocycles. The molecule has 0 aliphatic heterocycles. The molecule has 1 amide bonds. The molecule has 174 valence electrons. The fourth-order valence-electron chi connectivity index (χ4n) is 4.27. The van der Waals surface area contributed by atoms with Crippen molar-refractivity contribution in [1.82, 2.24) is 24.8 Å². The smallest absolute Gasteiger partial charge is 0.274 e. The van der Waals surface area contributed by atoms with Crippen molar-refractivity contribution in [3.63, 3.8) is 0 Å². The summed E-state index contributed by atoms with van der Waals surface area (Å²) in [6.07, 6.45) is 5.54. The van der Waals surface area contributed by atoms with Crippen LogP contribution < -0.4 is 10.2 Å². The number of carbonyl (C=O) groups is 1. The number of rotatable bonds is 8.